The second-order valence-corrected chi connectivity index (χ2v) is 7.32. The van der Waals surface area contributed by atoms with Gasteiger partial charge in [-0.3, -0.25) is 10.1 Å². The number of nitrogens with one attached hydrogen (secondary N) is 1. The number of aromatic nitrogens is 2. The van der Waals surface area contributed by atoms with Gasteiger partial charge in [0.05, 0.1) is 4.88 Å². The molecule has 0 aliphatic rings. The van der Waals surface area contributed by atoms with Gasteiger partial charge in [0.15, 0.2) is 0 Å². The number of rotatable bonds is 7. The minimum absolute atomic E-state index is 0.110. The number of anilines is 1. The molecule has 1 N–H and O–H groups in total. The van der Waals surface area contributed by atoms with Gasteiger partial charge < -0.3 is 4.42 Å². The predicted octanol–water partition coefficient (Wildman–Crippen LogP) is 4.62. The zero-order valence-corrected chi connectivity index (χ0v) is 14.8. The van der Waals surface area contributed by atoms with Crippen LogP contribution in [0, 0.1) is 6.92 Å². The molecular weight excluding hydrogens is 342 g/mol. The van der Waals surface area contributed by atoms with Gasteiger partial charge in [-0.25, -0.2) is 0 Å². The first-order chi connectivity index (χ1) is 11.7. The maximum absolute atomic E-state index is 11.9. The summed E-state index contributed by atoms with van der Waals surface area (Å²) in [4.78, 5) is 14.0. The molecule has 0 aliphatic heterocycles. The van der Waals surface area contributed by atoms with Gasteiger partial charge >= 0.3 is 6.01 Å². The Bertz CT molecular complexity index is 783. The van der Waals surface area contributed by atoms with Crippen molar-refractivity contribution in [2.75, 3.05) is 11.1 Å². The van der Waals surface area contributed by atoms with Crippen LogP contribution in [0.15, 0.2) is 51.1 Å². The highest BCUT2D eigenvalue weighted by Crippen LogP contribution is 2.24. The fourth-order valence-corrected chi connectivity index (χ4v) is 3.51. The van der Waals surface area contributed by atoms with Crippen molar-refractivity contribution >= 4 is 35.0 Å². The third-order valence-electron chi connectivity index (χ3n) is 3.24. The third-order valence-corrected chi connectivity index (χ3v) is 5.20. The van der Waals surface area contributed by atoms with E-state index in [1.165, 1.54) is 21.8 Å². The molecule has 0 spiro atoms. The van der Waals surface area contributed by atoms with E-state index in [0.29, 0.717) is 12.3 Å². The van der Waals surface area contributed by atoms with E-state index >= 15 is 0 Å². The molecule has 0 saturated carbocycles. The molecule has 0 saturated heterocycles. The van der Waals surface area contributed by atoms with Crippen LogP contribution in [-0.2, 0) is 4.79 Å². The Morgan fingerprint density at radius 3 is 2.83 bits per heavy atom. The van der Waals surface area contributed by atoms with Crippen molar-refractivity contribution in [3.63, 3.8) is 0 Å². The van der Waals surface area contributed by atoms with E-state index < -0.39 is 0 Å². The van der Waals surface area contributed by atoms with Crippen molar-refractivity contribution < 1.29 is 9.21 Å². The van der Waals surface area contributed by atoms with Gasteiger partial charge in [-0.1, -0.05) is 28.9 Å². The van der Waals surface area contributed by atoms with Gasteiger partial charge in [0.1, 0.15) is 0 Å². The maximum Gasteiger partial charge on any atom is 0.322 e. The van der Waals surface area contributed by atoms with Crippen LogP contribution in [0.4, 0.5) is 6.01 Å². The predicted molar refractivity (Wildman–Crippen MR) is 97.4 cm³/mol. The molecule has 0 unspecified atom stereocenters. The van der Waals surface area contributed by atoms with Crippen molar-refractivity contribution in [2.24, 2.45) is 0 Å². The molecule has 3 rings (SSSR count). The van der Waals surface area contributed by atoms with Crippen LogP contribution >= 0.6 is 23.1 Å². The summed E-state index contributed by atoms with van der Waals surface area (Å²) >= 11 is 3.26. The fourth-order valence-electron chi connectivity index (χ4n) is 2.01. The summed E-state index contributed by atoms with van der Waals surface area (Å²) in [5, 5.41) is 12.4. The van der Waals surface area contributed by atoms with Crippen LogP contribution in [0.2, 0.25) is 0 Å². The van der Waals surface area contributed by atoms with E-state index in [-0.39, 0.29) is 11.9 Å². The third kappa shape index (κ3) is 4.69. The lowest BCUT2D eigenvalue weighted by atomic mass is 10.2. The highest BCUT2D eigenvalue weighted by Gasteiger charge is 2.11. The molecule has 0 fully saturated rings. The quantitative estimate of drug-likeness (QED) is 0.492. The first kappa shape index (κ1) is 16.7. The zero-order chi connectivity index (χ0) is 16.8. The van der Waals surface area contributed by atoms with E-state index in [1.54, 1.807) is 11.8 Å². The Morgan fingerprint density at radius 1 is 1.25 bits per heavy atom. The van der Waals surface area contributed by atoms with E-state index in [2.05, 4.69) is 46.7 Å². The molecule has 2 aromatic heterocycles. The van der Waals surface area contributed by atoms with E-state index in [9.17, 15) is 4.79 Å². The first-order valence-corrected chi connectivity index (χ1v) is 9.44. The highest BCUT2D eigenvalue weighted by molar-refractivity contribution is 7.99. The molecule has 0 atom stereocenters. The Hall–Kier alpha value is -2.12. The van der Waals surface area contributed by atoms with Gasteiger partial charge in [0, 0.05) is 11.3 Å². The Balaban J connectivity index is 1.40. The molecule has 2 heterocycles. The first-order valence-electron chi connectivity index (χ1n) is 7.57. The molecule has 0 aliphatic carbocycles. The molecule has 124 valence electrons. The standard InChI is InChI=1S/C17H17N3O2S2/c1-12-6-8-13(9-7-12)23-10-3-5-15(21)18-17-20-19-16(22-17)14-4-2-11-24-14/h2,4,6-9,11H,3,5,10H2,1H3,(H,18,20,21). The number of thiophene rings is 1. The average molecular weight is 359 g/mol. The molecule has 1 amide bonds. The minimum Gasteiger partial charge on any atom is -0.402 e. The number of aryl methyl sites for hydroxylation is 1. The number of nitrogens with zero attached hydrogens (tertiary/aromatic N) is 2. The molecule has 0 radical (unpaired) electrons. The van der Waals surface area contributed by atoms with Crippen molar-refractivity contribution in [3.8, 4) is 10.8 Å². The summed E-state index contributed by atoms with van der Waals surface area (Å²) in [6.45, 7) is 2.07. The number of hydrogen-bond acceptors (Lipinski definition) is 6. The second-order valence-electron chi connectivity index (χ2n) is 5.20. The lowest BCUT2D eigenvalue weighted by molar-refractivity contribution is -0.116. The topological polar surface area (TPSA) is 68.0 Å². The molecule has 1 aromatic carbocycles. The molecule has 24 heavy (non-hydrogen) atoms. The van der Waals surface area contributed by atoms with Gasteiger partial charge in [0.2, 0.25) is 5.91 Å². The normalized spacial score (nSPS) is 10.7. The van der Waals surface area contributed by atoms with E-state index in [1.807, 2.05) is 17.5 Å². The van der Waals surface area contributed by atoms with Gasteiger partial charge in [-0.05, 0) is 42.7 Å². The molecule has 7 heteroatoms. The highest BCUT2D eigenvalue weighted by atomic mass is 32.2. The van der Waals surface area contributed by atoms with Gasteiger partial charge in [-0.2, -0.15) is 0 Å². The Labute approximate surface area is 148 Å². The fraction of sp³-hybridized carbons (Fsp3) is 0.235. The summed E-state index contributed by atoms with van der Waals surface area (Å²) in [6.07, 6.45) is 1.21. The smallest absolute Gasteiger partial charge is 0.322 e. The number of amides is 1. The Kier molecular flexibility index (Phi) is 5.66. The van der Waals surface area contributed by atoms with Crippen LogP contribution in [0.3, 0.4) is 0 Å². The van der Waals surface area contributed by atoms with Crippen molar-refractivity contribution in [1.29, 1.82) is 0 Å². The number of thioether (sulfide) groups is 1. The molecule has 0 bridgehead atoms. The van der Waals surface area contributed by atoms with Crippen LogP contribution in [0.5, 0.6) is 0 Å². The van der Waals surface area contributed by atoms with Crippen LogP contribution < -0.4 is 5.32 Å². The SMILES string of the molecule is Cc1ccc(SCCCC(=O)Nc2nnc(-c3cccs3)o2)cc1. The van der Waals surface area contributed by atoms with Crippen LogP contribution in [0.1, 0.15) is 18.4 Å². The zero-order valence-electron chi connectivity index (χ0n) is 13.2. The number of benzene rings is 1. The summed E-state index contributed by atoms with van der Waals surface area (Å²) in [6, 6.07) is 12.3. The lowest BCUT2D eigenvalue weighted by Gasteiger charge is -2.02. The number of carbonyl (C=O) groups is 1. The summed E-state index contributed by atoms with van der Waals surface area (Å²) in [5.41, 5.74) is 1.25. The average Bonchev–Trinajstić information content (AvgIpc) is 3.24. The molecular formula is C17H17N3O2S2. The summed E-state index contributed by atoms with van der Waals surface area (Å²) in [7, 11) is 0. The van der Waals surface area contributed by atoms with Crippen molar-refractivity contribution in [3.05, 3.63) is 47.3 Å². The maximum atomic E-state index is 11.9. The Morgan fingerprint density at radius 2 is 2.08 bits per heavy atom. The summed E-state index contributed by atoms with van der Waals surface area (Å²) < 4.78 is 5.44. The second kappa shape index (κ2) is 8.12. The van der Waals surface area contributed by atoms with E-state index in [4.69, 9.17) is 4.42 Å². The number of hydrogen-bond donors (Lipinski definition) is 1. The largest absolute Gasteiger partial charge is 0.402 e. The minimum atomic E-state index is -0.110. The van der Waals surface area contributed by atoms with Crippen LogP contribution in [-0.4, -0.2) is 21.9 Å². The summed E-state index contributed by atoms with van der Waals surface area (Å²) in [5.74, 6) is 1.21. The van der Waals surface area contributed by atoms with Gasteiger partial charge in [0.25, 0.3) is 5.89 Å². The molecule has 5 nitrogen and oxygen atoms in total. The van der Waals surface area contributed by atoms with Crippen LogP contribution in [0.25, 0.3) is 10.8 Å². The van der Waals surface area contributed by atoms with Crippen molar-refractivity contribution in [2.45, 2.75) is 24.7 Å². The monoisotopic (exact) mass is 359 g/mol. The lowest BCUT2D eigenvalue weighted by Crippen LogP contribution is -2.11. The van der Waals surface area contributed by atoms with Crippen molar-refractivity contribution in [1.82, 2.24) is 10.2 Å². The van der Waals surface area contributed by atoms with E-state index in [0.717, 1.165) is 17.1 Å². The number of carbonyl (C=O) groups excluding carboxylic acids is 1. The molecule has 3 aromatic rings. The van der Waals surface area contributed by atoms with Gasteiger partial charge in [-0.15, -0.1) is 28.2 Å².